The summed E-state index contributed by atoms with van der Waals surface area (Å²) in [6, 6.07) is 7.55. The number of hydrogen-bond donors (Lipinski definition) is 0. The molecule has 1 aromatic carbocycles. The number of hydrogen-bond acceptors (Lipinski definition) is 3. The highest BCUT2D eigenvalue weighted by Gasteiger charge is 1.89. The van der Waals surface area contributed by atoms with Crippen LogP contribution >= 0.6 is 0 Å². The van der Waals surface area contributed by atoms with Gasteiger partial charge in [0.05, 0.1) is 13.3 Å². The molecule has 0 spiro atoms. The molecule has 0 aliphatic carbocycles. The maximum atomic E-state index is 5.00. The number of rotatable bonds is 3. The van der Waals surface area contributed by atoms with Crippen LogP contribution in [-0.2, 0) is 4.84 Å². The predicted molar refractivity (Wildman–Crippen MR) is 47.6 cm³/mol. The van der Waals surface area contributed by atoms with Gasteiger partial charge in [0, 0.05) is 0 Å². The maximum absolute atomic E-state index is 5.00. The second-order valence-corrected chi connectivity index (χ2v) is 2.19. The molecule has 0 unspecified atom stereocenters. The third kappa shape index (κ3) is 2.27. The molecule has 0 bridgehead atoms. The summed E-state index contributed by atoms with van der Waals surface area (Å²) >= 11 is 0. The average Bonchev–Trinajstić information content (AvgIpc) is 2.15. The smallest absolute Gasteiger partial charge is 0.118 e. The van der Waals surface area contributed by atoms with Crippen LogP contribution in [0.5, 0.6) is 5.75 Å². The summed E-state index contributed by atoms with van der Waals surface area (Å²) in [7, 11) is 3.15. The molecule has 0 aromatic heterocycles. The van der Waals surface area contributed by atoms with Gasteiger partial charge in [-0.3, -0.25) is 0 Å². The van der Waals surface area contributed by atoms with Crippen LogP contribution in [0, 0.1) is 0 Å². The van der Waals surface area contributed by atoms with Crippen LogP contribution in [0.3, 0.4) is 0 Å². The lowest BCUT2D eigenvalue weighted by Crippen LogP contribution is -1.84. The van der Waals surface area contributed by atoms with Gasteiger partial charge in [0.2, 0.25) is 0 Å². The van der Waals surface area contributed by atoms with Crippen molar-refractivity contribution >= 4 is 6.21 Å². The highest BCUT2D eigenvalue weighted by molar-refractivity contribution is 5.79. The molecule has 0 N–H and O–H groups in total. The summed E-state index contributed by atoms with van der Waals surface area (Å²) in [4.78, 5) is 4.54. The van der Waals surface area contributed by atoms with E-state index in [0.29, 0.717) is 0 Å². The van der Waals surface area contributed by atoms with Crippen molar-refractivity contribution < 1.29 is 9.57 Å². The average molecular weight is 165 g/mol. The second-order valence-electron chi connectivity index (χ2n) is 2.19. The Morgan fingerprint density at radius 3 is 2.33 bits per heavy atom. The molecule has 0 aliphatic rings. The van der Waals surface area contributed by atoms with Crippen molar-refractivity contribution in [3.05, 3.63) is 29.8 Å². The Balaban J connectivity index is 2.71. The molecule has 0 atom stereocenters. The molecule has 0 aliphatic heterocycles. The van der Waals surface area contributed by atoms with E-state index >= 15 is 0 Å². The minimum Gasteiger partial charge on any atom is -0.497 e. The Hall–Kier alpha value is -1.51. The zero-order valence-electron chi connectivity index (χ0n) is 7.15. The number of ether oxygens (including phenoxy) is 1. The van der Waals surface area contributed by atoms with Crippen molar-refractivity contribution in [3.63, 3.8) is 0 Å². The van der Waals surface area contributed by atoms with Crippen molar-refractivity contribution in [2.24, 2.45) is 5.16 Å². The van der Waals surface area contributed by atoms with Crippen molar-refractivity contribution in [2.45, 2.75) is 0 Å². The van der Waals surface area contributed by atoms with Gasteiger partial charge in [-0.25, -0.2) is 0 Å². The zero-order valence-corrected chi connectivity index (χ0v) is 7.15. The van der Waals surface area contributed by atoms with Gasteiger partial charge in [-0.1, -0.05) is 5.16 Å². The molecule has 64 valence electrons. The van der Waals surface area contributed by atoms with Crippen LogP contribution in [0.15, 0.2) is 29.4 Å². The van der Waals surface area contributed by atoms with Gasteiger partial charge in [-0.05, 0) is 29.8 Å². The van der Waals surface area contributed by atoms with E-state index in [9.17, 15) is 0 Å². The molecule has 0 saturated carbocycles. The first-order valence-electron chi connectivity index (χ1n) is 3.57. The summed E-state index contributed by atoms with van der Waals surface area (Å²) in [6.07, 6.45) is 1.64. The van der Waals surface area contributed by atoms with E-state index in [-0.39, 0.29) is 0 Å². The number of benzene rings is 1. The van der Waals surface area contributed by atoms with Gasteiger partial charge in [-0.2, -0.15) is 0 Å². The van der Waals surface area contributed by atoms with E-state index in [4.69, 9.17) is 4.74 Å². The molecule has 0 amide bonds. The van der Waals surface area contributed by atoms with E-state index in [1.165, 1.54) is 7.11 Å². The fourth-order valence-electron chi connectivity index (χ4n) is 0.804. The molecule has 0 fully saturated rings. The molecule has 12 heavy (non-hydrogen) atoms. The van der Waals surface area contributed by atoms with Gasteiger partial charge in [-0.15, -0.1) is 0 Å². The first-order chi connectivity index (χ1) is 5.86. The Morgan fingerprint density at radius 2 is 1.83 bits per heavy atom. The van der Waals surface area contributed by atoms with E-state index in [2.05, 4.69) is 9.99 Å². The van der Waals surface area contributed by atoms with Crippen LogP contribution in [0.25, 0.3) is 0 Å². The lowest BCUT2D eigenvalue weighted by atomic mass is 10.2. The number of oxime groups is 1. The third-order valence-corrected chi connectivity index (χ3v) is 1.42. The Kier molecular flexibility index (Phi) is 3.14. The van der Waals surface area contributed by atoms with Gasteiger partial charge in [0.25, 0.3) is 0 Å². The van der Waals surface area contributed by atoms with E-state index in [1.54, 1.807) is 13.3 Å². The lowest BCUT2D eigenvalue weighted by molar-refractivity contribution is 0.215. The van der Waals surface area contributed by atoms with Crippen molar-refractivity contribution in [1.29, 1.82) is 0 Å². The van der Waals surface area contributed by atoms with Gasteiger partial charge in [0.1, 0.15) is 12.9 Å². The van der Waals surface area contributed by atoms with Crippen molar-refractivity contribution in [3.8, 4) is 5.75 Å². The summed E-state index contributed by atoms with van der Waals surface area (Å²) in [5, 5.41) is 3.63. The monoisotopic (exact) mass is 165 g/mol. The minimum absolute atomic E-state index is 0.838. The fraction of sp³-hybridized carbons (Fsp3) is 0.222. The normalized spacial score (nSPS) is 10.2. The Labute approximate surface area is 71.6 Å². The molecular weight excluding hydrogens is 154 g/mol. The second kappa shape index (κ2) is 4.38. The highest BCUT2D eigenvalue weighted by Crippen LogP contribution is 2.09. The molecule has 0 heterocycles. The largest absolute Gasteiger partial charge is 0.497 e. The van der Waals surface area contributed by atoms with Crippen LogP contribution in [0.2, 0.25) is 0 Å². The molecule has 0 saturated heterocycles. The first-order valence-corrected chi connectivity index (χ1v) is 3.57. The summed E-state index contributed by atoms with van der Waals surface area (Å²) in [5.74, 6) is 0.838. The zero-order chi connectivity index (χ0) is 8.81. The minimum atomic E-state index is 0.838. The van der Waals surface area contributed by atoms with E-state index < -0.39 is 0 Å². The quantitative estimate of drug-likeness (QED) is 0.504. The standard InChI is InChI=1S/C9H11NO2/c1-11-9-5-3-8(4-6-9)7-10-12-2/h3-7H,1-2H3/b10-7+. The summed E-state index contributed by atoms with van der Waals surface area (Å²) < 4.78 is 5.00. The summed E-state index contributed by atoms with van der Waals surface area (Å²) in [6.45, 7) is 0. The highest BCUT2D eigenvalue weighted by atomic mass is 16.6. The third-order valence-electron chi connectivity index (χ3n) is 1.42. The van der Waals surface area contributed by atoms with Crippen LogP contribution in [-0.4, -0.2) is 20.4 Å². The fourth-order valence-corrected chi connectivity index (χ4v) is 0.804. The van der Waals surface area contributed by atoms with Crippen molar-refractivity contribution in [2.75, 3.05) is 14.2 Å². The Morgan fingerprint density at radius 1 is 1.17 bits per heavy atom. The topological polar surface area (TPSA) is 30.8 Å². The Bertz CT molecular complexity index is 254. The van der Waals surface area contributed by atoms with Crippen LogP contribution in [0.1, 0.15) is 5.56 Å². The molecule has 1 aromatic rings. The summed E-state index contributed by atoms with van der Waals surface area (Å²) in [5.41, 5.74) is 0.984. The molecular formula is C9H11NO2. The maximum Gasteiger partial charge on any atom is 0.118 e. The molecule has 0 radical (unpaired) electrons. The first kappa shape index (κ1) is 8.59. The van der Waals surface area contributed by atoms with E-state index in [0.717, 1.165) is 11.3 Å². The molecule has 3 nitrogen and oxygen atoms in total. The molecule has 3 heteroatoms. The predicted octanol–water partition coefficient (Wildman–Crippen LogP) is 1.68. The lowest BCUT2D eigenvalue weighted by Gasteiger charge is -1.97. The van der Waals surface area contributed by atoms with Gasteiger partial charge in [0.15, 0.2) is 0 Å². The van der Waals surface area contributed by atoms with Gasteiger partial charge < -0.3 is 9.57 Å². The van der Waals surface area contributed by atoms with Crippen LogP contribution < -0.4 is 4.74 Å². The number of nitrogens with zero attached hydrogens (tertiary/aromatic N) is 1. The van der Waals surface area contributed by atoms with Crippen LogP contribution in [0.4, 0.5) is 0 Å². The van der Waals surface area contributed by atoms with Crippen molar-refractivity contribution in [1.82, 2.24) is 0 Å². The van der Waals surface area contributed by atoms with E-state index in [1.807, 2.05) is 24.3 Å². The molecule has 1 rings (SSSR count). The number of methoxy groups -OCH3 is 1. The SMILES string of the molecule is CO/N=C/c1ccc(OC)cc1. The van der Waals surface area contributed by atoms with Gasteiger partial charge >= 0.3 is 0 Å².